The van der Waals surface area contributed by atoms with E-state index in [-0.39, 0.29) is 47.2 Å². The summed E-state index contributed by atoms with van der Waals surface area (Å²) in [6, 6.07) is 6.57. The molecule has 2 aromatic carbocycles. The number of aliphatic hydroxyl groups is 3. The number of hydrogen-bond donors (Lipinski definition) is 6. The lowest BCUT2D eigenvalue weighted by Gasteiger charge is -2.42. The lowest BCUT2D eigenvalue weighted by atomic mass is 9.65. The van der Waals surface area contributed by atoms with Gasteiger partial charge in [-0.3, -0.25) is 4.79 Å². The third-order valence-electron chi connectivity index (χ3n) is 8.32. The predicted octanol–water partition coefficient (Wildman–Crippen LogP) is 3.52. The second-order valence-corrected chi connectivity index (χ2v) is 11.7. The molecule has 0 radical (unpaired) electrons. The first kappa shape index (κ1) is 30.8. The smallest absolute Gasteiger partial charge is 0.237 e. The summed E-state index contributed by atoms with van der Waals surface area (Å²) in [5.41, 5.74) is 5.04. The molecule has 2 aliphatic rings. The summed E-state index contributed by atoms with van der Waals surface area (Å²) < 4.78 is 31.4. The highest BCUT2D eigenvalue weighted by molar-refractivity contribution is 6.31. The normalized spacial score (nSPS) is 28.9. The average molecular weight is 599 g/mol. The fourth-order valence-electron chi connectivity index (χ4n) is 6.12. The molecular formula is C29H35Cl2F2N3O4. The maximum Gasteiger partial charge on any atom is 0.237 e. The lowest BCUT2D eigenvalue weighted by Crippen LogP contribution is -2.53. The number of rotatable bonds is 10. The van der Waals surface area contributed by atoms with Crippen LogP contribution < -0.4 is 16.4 Å². The minimum absolute atomic E-state index is 0.0341. The number of nitrogens with two attached hydrogens (primary N) is 1. The highest BCUT2D eigenvalue weighted by atomic mass is 35.5. The van der Waals surface area contributed by atoms with E-state index in [2.05, 4.69) is 10.6 Å². The maximum atomic E-state index is 15.7. The maximum absolute atomic E-state index is 15.7. The number of allylic oxidation sites excluding steroid dienone is 2. The molecule has 1 saturated heterocycles. The highest BCUT2D eigenvalue weighted by Gasteiger charge is 2.59. The molecule has 11 heteroatoms. The Balaban J connectivity index is 1.86. The Hall–Kier alpha value is -2.11. The summed E-state index contributed by atoms with van der Waals surface area (Å²) in [6.07, 6.45) is 5.32. The van der Waals surface area contributed by atoms with E-state index < -0.39 is 59.2 Å². The van der Waals surface area contributed by atoms with E-state index in [0.29, 0.717) is 12.8 Å². The molecule has 1 heterocycles. The van der Waals surface area contributed by atoms with Gasteiger partial charge in [0, 0.05) is 35.7 Å². The standard InChI is InChI=1S/C29H35Cl2F2N3O4/c30-17-7-8-20(22(32)13-17)29(34)23(14-28(16-38)10-2-1-3-11-28)36-26(27(40)35-12-9-18(39)15-37)24(29)19-5-4-6-21(31)25(19)33/h1-2,4-8,13,18,23-24,26,36-39H,3,9-12,14-16,34H2,(H,35,40)/t18-,23-,24-,26+,28?,29+/m0/s1. The summed E-state index contributed by atoms with van der Waals surface area (Å²) in [4.78, 5) is 13.6. The fourth-order valence-corrected chi connectivity index (χ4v) is 6.46. The first-order chi connectivity index (χ1) is 19.1. The van der Waals surface area contributed by atoms with E-state index in [0.717, 1.165) is 12.5 Å². The van der Waals surface area contributed by atoms with E-state index in [1.807, 2.05) is 12.2 Å². The molecular weight excluding hydrogens is 563 g/mol. The summed E-state index contributed by atoms with van der Waals surface area (Å²) in [7, 11) is 0. The molecule has 6 atom stereocenters. The highest BCUT2D eigenvalue weighted by Crippen LogP contribution is 2.51. The molecule has 1 fully saturated rings. The van der Waals surface area contributed by atoms with Crippen LogP contribution in [-0.2, 0) is 10.3 Å². The zero-order valence-corrected chi connectivity index (χ0v) is 23.4. The Labute approximate surface area is 242 Å². The van der Waals surface area contributed by atoms with Gasteiger partial charge in [0.05, 0.1) is 29.3 Å². The van der Waals surface area contributed by atoms with Crippen LogP contribution in [0.5, 0.6) is 0 Å². The van der Waals surface area contributed by atoms with Gasteiger partial charge in [-0.2, -0.15) is 0 Å². The Morgan fingerprint density at radius 1 is 1.20 bits per heavy atom. The monoisotopic (exact) mass is 597 g/mol. The van der Waals surface area contributed by atoms with Crippen molar-refractivity contribution in [2.75, 3.05) is 19.8 Å². The molecule has 40 heavy (non-hydrogen) atoms. The molecule has 7 nitrogen and oxygen atoms in total. The van der Waals surface area contributed by atoms with Crippen LogP contribution in [0.1, 0.15) is 49.1 Å². The van der Waals surface area contributed by atoms with Crippen molar-refractivity contribution in [2.45, 2.75) is 61.7 Å². The third-order valence-corrected chi connectivity index (χ3v) is 8.85. The summed E-state index contributed by atoms with van der Waals surface area (Å²) in [5, 5.41) is 35.3. The topological polar surface area (TPSA) is 128 Å². The van der Waals surface area contributed by atoms with Gasteiger partial charge < -0.3 is 31.7 Å². The average Bonchev–Trinajstić information content (AvgIpc) is 3.22. The lowest BCUT2D eigenvalue weighted by molar-refractivity contribution is -0.123. The molecule has 0 bridgehead atoms. The number of carbonyl (C=O) groups excluding carboxylic acids is 1. The van der Waals surface area contributed by atoms with Crippen LogP contribution in [0.25, 0.3) is 0 Å². The van der Waals surface area contributed by atoms with Crippen LogP contribution in [0.15, 0.2) is 48.6 Å². The van der Waals surface area contributed by atoms with Crippen molar-refractivity contribution in [3.05, 3.63) is 81.4 Å². The largest absolute Gasteiger partial charge is 0.396 e. The number of halogens is 4. The number of carbonyl (C=O) groups is 1. The second-order valence-electron chi connectivity index (χ2n) is 10.9. The van der Waals surface area contributed by atoms with Crippen molar-refractivity contribution < 1.29 is 28.9 Å². The molecule has 1 amide bonds. The molecule has 0 aromatic heterocycles. The van der Waals surface area contributed by atoms with Crippen molar-refractivity contribution in [2.24, 2.45) is 11.1 Å². The van der Waals surface area contributed by atoms with Gasteiger partial charge in [-0.1, -0.05) is 53.6 Å². The molecule has 7 N–H and O–H groups in total. The first-order valence-corrected chi connectivity index (χ1v) is 14.1. The number of benzene rings is 2. The van der Waals surface area contributed by atoms with Gasteiger partial charge in [-0.25, -0.2) is 8.78 Å². The van der Waals surface area contributed by atoms with Crippen molar-refractivity contribution >= 4 is 29.1 Å². The third kappa shape index (κ3) is 6.06. The Bertz CT molecular complexity index is 1250. The molecule has 1 aliphatic heterocycles. The molecule has 1 unspecified atom stereocenters. The number of aliphatic hydroxyl groups excluding tert-OH is 3. The zero-order valence-electron chi connectivity index (χ0n) is 21.9. The zero-order chi connectivity index (χ0) is 29.1. The predicted molar refractivity (Wildman–Crippen MR) is 150 cm³/mol. The SMILES string of the molecule is N[C@]1(c2ccc(Cl)cc2F)[C@H](CC2(CO)CC=CCC2)N[C@@H](C(=O)NCC[C@H](O)CO)[C@@H]1c1cccc(Cl)c1F. The quantitative estimate of drug-likeness (QED) is 0.233. The molecule has 2 aromatic rings. The first-order valence-electron chi connectivity index (χ1n) is 13.3. The van der Waals surface area contributed by atoms with Crippen LogP contribution in [0.2, 0.25) is 10.0 Å². The van der Waals surface area contributed by atoms with Gasteiger partial charge in [0.2, 0.25) is 5.91 Å². The van der Waals surface area contributed by atoms with Crippen LogP contribution in [0.3, 0.4) is 0 Å². The Morgan fingerprint density at radius 2 is 1.98 bits per heavy atom. The Morgan fingerprint density at radius 3 is 2.62 bits per heavy atom. The van der Waals surface area contributed by atoms with Crippen LogP contribution >= 0.6 is 23.2 Å². The second kappa shape index (κ2) is 12.8. The number of nitrogens with one attached hydrogen (secondary N) is 2. The van der Waals surface area contributed by atoms with Crippen molar-refractivity contribution in [3.63, 3.8) is 0 Å². The summed E-state index contributed by atoms with van der Waals surface area (Å²) >= 11 is 12.2. The minimum atomic E-state index is -1.67. The van der Waals surface area contributed by atoms with Crippen LogP contribution in [0.4, 0.5) is 8.78 Å². The van der Waals surface area contributed by atoms with E-state index >= 15 is 8.78 Å². The molecule has 218 valence electrons. The van der Waals surface area contributed by atoms with E-state index in [1.54, 1.807) is 6.07 Å². The van der Waals surface area contributed by atoms with Crippen LogP contribution in [-0.4, -0.2) is 59.2 Å². The van der Waals surface area contributed by atoms with E-state index in [1.165, 1.54) is 24.3 Å². The van der Waals surface area contributed by atoms with Gasteiger partial charge >= 0.3 is 0 Å². The molecule has 4 rings (SSSR count). The minimum Gasteiger partial charge on any atom is -0.396 e. The van der Waals surface area contributed by atoms with Gasteiger partial charge in [-0.05, 0) is 61.3 Å². The molecule has 1 aliphatic carbocycles. The van der Waals surface area contributed by atoms with Crippen molar-refractivity contribution in [1.82, 2.24) is 10.6 Å². The van der Waals surface area contributed by atoms with Crippen molar-refractivity contribution in [3.8, 4) is 0 Å². The number of amides is 1. The number of hydrogen-bond acceptors (Lipinski definition) is 6. The molecule has 0 spiro atoms. The summed E-state index contributed by atoms with van der Waals surface area (Å²) in [6.45, 7) is -0.581. The van der Waals surface area contributed by atoms with E-state index in [9.17, 15) is 15.0 Å². The van der Waals surface area contributed by atoms with Gasteiger partial charge in [-0.15, -0.1) is 0 Å². The molecule has 0 saturated carbocycles. The summed E-state index contributed by atoms with van der Waals surface area (Å²) in [5.74, 6) is -3.14. The Kier molecular flexibility index (Phi) is 9.88. The van der Waals surface area contributed by atoms with E-state index in [4.69, 9.17) is 34.0 Å². The van der Waals surface area contributed by atoms with Crippen molar-refractivity contribution in [1.29, 1.82) is 0 Å². The fraction of sp³-hybridized carbons (Fsp3) is 0.483. The van der Waals surface area contributed by atoms with Gasteiger partial charge in [0.15, 0.2) is 0 Å². The van der Waals surface area contributed by atoms with Gasteiger partial charge in [0.1, 0.15) is 11.6 Å². The van der Waals surface area contributed by atoms with Gasteiger partial charge in [0.25, 0.3) is 0 Å². The van der Waals surface area contributed by atoms with Crippen LogP contribution in [0, 0.1) is 17.0 Å².